The van der Waals surface area contributed by atoms with Crippen LogP contribution in [-0.2, 0) is 4.57 Å². The van der Waals surface area contributed by atoms with Crippen LogP contribution >= 0.6 is 7.82 Å². The van der Waals surface area contributed by atoms with Crippen molar-refractivity contribution in [2.75, 3.05) is 20.6 Å². The topological polar surface area (TPSA) is 98.0 Å². The Morgan fingerprint density at radius 3 is 1.04 bits per heavy atom. The maximum atomic E-state index is 9.57. The van der Waals surface area contributed by atoms with E-state index in [1.165, 1.54) is 96.3 Å². The molecule has 0 atom stereocenters. The zero-order chi connectivity index (χ0) is 21.0. The Morgan fingerprint density at radius 1 is 0.593 bits per heavy atom. The minimum Gasteiger partial charge on any atom is -0.303 e. The summed E-state index contributed by atoms with van der Waals surface area (Å²) in [7, 11) is -0.934. The smallest absolute Gasteiger partial charge is 0.303 e. The quantitative estimate of drug-likeness (QED) is 0.105. The highest BCUT2D eigenvalue weighted by atomic mass is 31.2. The summed E-state index contributed by atoms with van der Waals surface area (Å²) in [6.45, 7) is 3.17. The molecule has 0 unspecified atom stereocenters. The van der Waals surface area contributed by atoms with Crippen LogP contribution in [0.3, 0.4) is 0 Å². The number of phosphoric acid groups is 1. The molecule has 0 aliphatic heterocycles. The van der Waals surface area contributed by atoms with Crippen LogP contribution in [0, 0.1) is 0 Å². The lowest BCUT2D eigenvalue weighted by atomic mass is 10.0. The molecule has 0 heterocycles. The fourth-order valence-corrected chi connectivity index (χ4v) is 3.05. The predicted octanol–water partition coefficient (Wildman–Crippen LogP) is 5.78. The van der Waals surface area contributed by atoms with E-state index in [9.17, 15) is 5.21 Å². The third-order valence-electron chi connectivity index (χ3n) is 4.56. The molecule has 0 fully saturated rings. The minimum absolute atomic E-state index is 0.124. The molecule has 7 heteroatoms. The lowest BCUT2D eigenvalue weighted by Gasteiger charge is -2.18. The molecule has 0 radical (unpaired) electrons. The van der Waals surface area contributed by atoms with Crippen LogP contribution in [0.5, 0.6) is 0 Å². The summed E-state index contributed by atoms with van der Waals surface area (Å²) < 4.78 is 9.01. The minimum atomic E-state index is -4.64. The summed E-state index contributed by atoms with van der Waals surface area (Å²) in [5.41, 5.74) is 0. The average Bonchev–Trinajstić information content (AvgIpc) is 2.52. The molecule has 0 aromatic heterocycles. The first-order valence-electron chi connectivity index (χ1n) is 10.9. The zero-order valence-corrected chi connectivity index (χ0v) is 19.0. The van der Waals surface area contributed by atoms with E-state index < -0.39 is 7.82 Å². The van der Waals surface area contributed by atoms with Crippen LogP contribution in [0.15, 0.2) is 0 Å². The van der Waals surface area contributed by atoms with E-state index in [-0.39, 0.29) is 4.65 Å². The van der Waals surface area contributed by atoms with Crippen molar-refractivity contribution < 1.29 is 29.1 Å². The largest absolute Gasteiger partial charge is 0.466 e. The van der Waals surface area contributed by atoms with Crippen molar-refractivity contribution in [2.24, 2.45) is 0 Å². The third kappa shape index (κ3) is 41.5. The van der Waals surface area contributed by atoms with Crippen molar-refractivity contribution >= 4 is 7.82 Å². The monoisotopic (exact) mass is 412 g/mol. The Kier molecular flexibility index (Phi) is 21.0. The van der Waals surface area contributed by atoms with Crippen LogP contribution < -0.4 is 0 Å². The van der Waals surface area contributed by atoms with Crippen molar-refractivity contribution in [1.82, 2.24) is 0 Å². The molecule has 4 N–H and O–H groups in total. The van der Waals surface area contributed by atoms with Gasteiger partial charge in [0.05, 0.1) is 14.1 Å². The van der Waals surface area contributed by atoms with E-state index >= 15 is 0 Å². The third-order valence-corrected chi connectivity index (χ3v) is 4.56. The average molecular weight is 413 g/mol. The van der Waals surface area contributed by atoms with Crippen molar-refractivity contribution in [3.05, 3.63) is 0 Å². The highest BCUT2D eigenvalue weighted by Crippen LogP contribution is 2.25. The second-order valence-corrected chi connectivity index (χ2v) is 9.19. The Morgan fingerprint density at radius 2 is 0.815 bits per heavy atom. The Labute approximate surface area is 167 Å². The Balaban J connectivity index is 0. The lowest BCUT2D eigenvalue weighted by Crippen LogP contribution is -2.36. The molecule has 0 bridgehead atoms. The van der Waals surface area contributed by atoms with E-state index in [1.807, 2.05) is 14.1 Å². The first-order chi connectivity index (χ1) is 12.6. The van der Waals surface area contributed by atoms with Crippen molar-refractivity contribution in [3.63, 3.8) is 0 Å². The molecule has 27 heavy (non-hydrogen) atoms. The molecule has 0 saturated heterocycles. The zero-order valence-electron chi connectivity index (χ0n) is 18.1. The number of unbranched alkanes of at least 4 members (excludes halogenated alkanes) is 15. The van der Waals surface area contributed by atoms with Crippen LogP contribution in [-0.4, -0.2) is 45.2 Å². The Hall–Kier alpha value is 0.0300. The standard InChI is InChI=1S/C20H44NO.H3O4P/c1-4-5-6-7-8-9-10-11-12-13-14-15-16-17-18-19-20-21(2,3)22;1-5(2,3)4/h22H,4-20H2,1-3H3;(H3,1,2,3,4)/q+1;. The van der Waals surface area contributed by atoms with Crippen molar-refractivity contribution in [2.45, 2.75) is 110 Å². The highest BCUT2D eigenvalue weighted by molar-refractivity contribution is 7.45. The van der Waals surface area contributed by atoms with Crippen LogP contribution in [0.2, 0.25) is 0 Å². The van der Waals surface area contributed by atoms with Gasteiger partial charge in [-0.1, -0.05) is 96.8 Å². The molecule has 0 aromatic rings. The molecule has 0 saturated carbocycles. The van der Waals surface area contributed by atoms with Gasteiger partial charge in [0, 0.05) is 0 Å². The SMILES string of the molecule is CCCCCCCCCCCCCCCCCC[N+](C)(C)O.O=P(O)(O)O. The van der Waals surface area contributed by atoms with Gasteiger partial charge in [0.1, 0.15) is 6.54 Å². The highest BCUT2D eigenvalue weighted by Gasteiger charge is 2.08. The fourth-order valence-electron chi connectivity index (χ4n) is 3.05. The number of quaternary nitrogens is 1. The van der Waals surface area contributed by atoms with Gasteiger partial charge in [0.15, 0.2) is 0 Å². The van der Waals surface area contributed by atoms with Gasteiger partial charge in [-0.2, -0.15) is 4.65 Å². The van der Waals surface area contributed by atoms with Gasteiger partial charge in [-0.15, -0.1) is 0 Å². The summed E-state index contributed by atoms with van der Waals surface area (Å²) >= 11 is 0. The lowest BCUT2D eigenvalue weighted by molar-refractivity contribution is -1.07. The van der Waals surface area contributed by atoms with Gasteiger partial charge in [0.2, 0.25) is 0 Å². The molecular weight excluding hydrogens is 365 g/mol. The van der Waals surface area contributed by atoms with E-state index in [4.69, 9.17) is 19.2 Å². The van der Waals surface area contributed by atoms with Gasteiger partial charge < -0.3 is 14.7 Å². The second-order valence-electron chi connectivity index (χ2n) is 8.16. The first kappa shape index (κ1) is 29.2. The first-order valence-corrected chi connectivity index (χ1v) is 12.5. The number of nitrogens with zero attached hydrogens (tertiary/aromatic N) is 1. The predicted molar refractivity (Wildman–Crippen MR) is 113 cm³/mol. The molecule has 0 aromatic carbocycles. The fraction of sp³-hybridized carbons (Fsp3) is 1.00. The van der Waals surface area contributed by atoms with Crippen LogP contribution in [0.1, 0.15) is 110 Å². The van der Waals surface area contributed by atoms with Gasteiger partial charge in [-0.25, -0.2) is 9.77 Å². The maximum absolute atomic E-state index is 9.57. The van der Waals surface area contributed by atoms with Gasteiger partial charge in [-0.05, 0) is 12.8 Å². The van der Waals surface area contributed by atoms with Gasteiger partial charge >= 0.3 is 7.82 Å². The van der Waals surface area contributed by atoms with Gasteiger partial charge in [0.25, 0.3) is 0 Å². The Bertz CT molecular complexity index is 333. The van der Waals surface area contributed by atoms with Crippen molar-refractivity contribution in [3.8, 4) is 0 Å². The molecule has 166 valence electrons. The maximum Gasteiger partial charge on any atom is 0.466 e. The number of hydroxylamine groups is 3. The number of rotatable bonds is 17. The van der Waals surface area contributed by atoms with Gasteiger partial charge in [-0.3, -0.25) is 0 Å². The van der Waals surface area contributed by atoms with E-state index in [0.29, 0.717) is 0 Å². The molecular formula is C20H47NO5P+. The molecule has 0 aliphatic carbocycles. The second kappa shape index (κ2) is 19.4. The van der Waals surface area contributed by atoms with Crippen molar-refractivity contribution in [1.29, 1.82) is 0 Å². The molecule has 0 rings (SSSR count). The molecule has 6 nitrogen and oxygen atoms in total. The van der Waals surface area contributed by atoms with Crippen LogP contribution in [0.25, 0.3) is 0 Å². The number of hydrogen-bond donors (Lipinski definition) is 4. The van der Waals surface area contributed by atoms with E-state index in [0.717, 1.165) is 13.0 Å². The van der Waals surface area contributed by atoms with Crippen LogP contribution in [0.4, 0.5) is 0 Å². The molecule has 0 spiro atoms. The molecule has 0 aliphatic rings. The van der Waals surface area contributed by atoms with E-state index in [2.05, 4.69) is 6.92 Å². The normalized spacial score (nSPS) is 12.0. The number of hydrogen-bond acceptors (Lipinski definition) is 2. The van der Waals surface area contributed by atoms with E-state index in [1.54, 1.807) is 0 Å². The molecule has 0 amide bonds. The summed E-state index contributed by atoms with van der Waals surface area (Å²) in [6.07, 6.45) is 22.4. The summed E-state index contributed by atoms with van der Waals surface area (Å²) in [4.78, 5) is 21.6. The summed E-state index contributed by atoms with van der Waals surface area (Å²) in [5.74, 6) is 0. The summed E-state index contributed by atoms with van der Waals surface area (Å²) in [6, 6.07) is 0. The summed E-state index contributed by atoms with van der Waals surface area (Å²) in [5, 5.41) is 9.57.